The molecular formula is C25H28FN3O4S. The Balaban J connectivity index is 1.74. The monoisotopic (exact) mass is 485 g/mol. The number of carbonyl (C=O) groups is 1. The number of anilines is 1. The number of carbonyl (C=O) groups excluding carboxylic acids is 1. The largest absolute Gasteiger partial charge is 0.496 e. The molecular weight excluding hydrogens is 457 g/mol. The van der Waals surface area contributed by atoms with E-state index in [2.05, 4.69) is 10.0 Å². The lowest BCUT2D eigenvalue weighted by Gasteiger charge is -2.26. The van der Waals surface area contributed by atoms with E-state index >= 15 is 0 Å². The van der Waals surface area contributed by atoms with Gasteiger partial charge in [0.15, 0.2) is 0 Å². The van der Waals surface area contributed by atoms with Crippen LogP contribution in [0.5, 0.6) is 5.75 Å². The Labute approximate surface area is 199 Å². The first-order valence-electron chi connectivity index (χ1n) is 10.6. The van der Waals surface area contributed by atoms with Gasteiger partial charge in [0.05, 0.1) is 18.0 Å². The van der Waals surface area contributed by atoms with Gasteiger partial charge in [-0.1, -0.05) is 30.3 Å². The van der Waals surface area contributed by atoms with E-state index in [0.29, 0.717) is 12.1 Å². The van der Waals surface area contributed by atoms with Crippen molar-refractivity contribution in [2.24, 2.45) is 0 Å². The van der Waals surface area contributed by atoms with Crippen molar-refractivity contribution in [1.29, 1.82) is 0 Å². The maximum Gasteiger partial charge on any atom is 0.261 e. The first-order valence-corrected chi connectivity index (χ1v) is 12.1. The van der Waals surface area contributed by atoms with Crippen molar-refractivity contribution >= 4 is 21.6 Å². The van der Waals surface area contributed by atoms with Gasteiger partial charge in [-0.25, -0.2) is 12.8 Å². The number of nitrogens with one attached hydrogen (secondary N) is 2. The lowest BCUT2D eigenvalue weighted by molar-refractivity contribution is 0.0941. The number of para-hydroxylation sites is 1. The van der Waals surface area contributed by atoms with Crippen LogP contribution in [0, 0.1) is 12.7 Å². The fraction of sp³-hybridized carbons (Fsp3) is 0.240. The molecule has 3 aromatic rings. The summed E-state index contributed by atoms with van der Waals surface area (Å²) in [7, 11) is 1.40. The number of hydrogen-bond acceptors (Lipinski definition) is 5. The van der Waals surface area contributed by atoms with Crippen LogP contribution >= 0.6 is 0 Å². The normalized spacial score (nSPS) is 12.3. The van der Waals surface area contributed by atoms with E-state index in [9.17, 15) is 17.6 Å². The Hall–Kier alpha value is -3.43. The number of aryl methyl sites for hydroxylation is 1. The Kier molecular flexibility index (Phi) is 7.90. The maximum absolute atomic E-state index is 13.8. The molecule has 0 aliphatic carbocycles. The van der Waals surface area contributed by atoms with E-state index in [1.165, 1.54) is 24.3 Å². The van der Waals surface area contributed by atoms with Crippen LogP contribution < -0.4 is 14.8 Å². The molecule has 0 aliphatic rings. The zero-order valence-electron chi connectivity index (χ0n) is 19.5. The lowest BCUT2D eigenvalue weighted by atomic mass is 10.0. The van der Waals surface area contributed by atoms with Crippen molar-refractivity contribution in [2.75, 3.05) is 32.5 Å². The van der Waals surface area contributed by atoms with Gasteiger partial charge in [-0.05, 0) is 63.0 Å². The van der Waals surface area contributed by atoms with Crippen LogP contribution in [0.25, 0.3) is 0 Å². The molecule has 7 nitrogen and oxygen atoms in total. The summed E-state index contributed by atoms with van der Waals surface area (Å²) in [4.78, 5) is 14.6. The smallest absolute Gasteiger partial charge is 0.261 e. The van der Waals surface area contributed by atoms with Crippen LogP contribution in [-0.4, -0.2) is 47.0 Å². The molecule has 0 saturated heterocycles. The third-order valence-corrected chi connectivity index (χ3v) is 6.79. The highest BCUT2D eigenvalue weighted by molar-refractivity contribution is 7.92. The van der Waals surface area contributed by atoms with Crippen LogP contribution in [0.3, 0.4) is 0 Å². The number of rotatable bonds is 9. The Morgan fingerprint density at radius 1 is 1.06 bits per heavy atom. The third-order valence-electron chi connectivity index (χ3n) is 5.41. The zero-order valence-corrected chi connectivity index (χ0v) is 20.3. The molecule has 1 atom stereocenters. The molecule has 0 aromatic heterocycles. The SMILES string of the molecule is COc1ccccc1C(CNC(=O)c1cccc(NS(=O)(=O)c2ccc(C)c(F)c2)c1)N(C)C. The highest BCUT2D eigenvalue weighted by Gasteiger charge is 2.20. The number of sulfonamides is 1. The first-order chi connectivity index (χ1) is 16.1. The summed E-state index contributed by atoms with van der Waals surface area (Å²) in [6.45, 7) is 1.86. The molecule has 3 aromatic carbocycles. The van der Waals surface area contributed by atoms with Crippen molar-refractivity contribution in [3.05, 3.63) is 89.2 Å². The number of likely N-dealkylation sites (N-methyl/N-ethyl adjacent to an activating group) is 1. The van der Waals surface area contributed by atoms with Crippen molar-refractivity contribution in [3.8, 4) is 5.75 Å². The minimum absolute atomic E-state index is 0.141. The van der Waals surface area contributed by atoms with Gasteiger partial charge in [0.25, 0.3) is 15.9 Å². The van der Waals surface area contributed by atoms with Crippen molar-refractivity contribution in [3.63, 3.8) is 0 Å². The van der Waals surface area contributed by atoms with Crippen LogP contribution in [-0.2, 0) is 10.0 Å². The molecule has 0 fully saturated rings. The molecule has 0 heterocycles. The quantitative estimate of drug-likeness (QED) is 0.479. The molecule has 0 saturated carbocycles. The number of benzene rings is 3. The van der Waals surface area contributed by atoms with E-state index < -0.39 is 15.8 Å². The number of methoxy groups -OCH3 is 1. The second-order valence-electron chi connectivity index (χ2n) is 8.03. The fourth-order valence-corrected chi connectivity index (χ4v) is 4.54. The molecule has 1 unspecified atom stereocenters. The van der Waals surface area contributed by atoms with Gasteiger partial charge in [0.1, 0.15) is 11.6 Å². The second-order valence-corrected chi connectivity index (χ2v) is 9.71. The van der Waals surface area contributed by atoms with Crippen LogP contribution in [0.1, 0.15) is 27.5 Å². The fourth-order valence-electron chi connectivity index (χ4n) is 3.48. The molecule has 34 heavy (non-hydrogen) atoms. The van der Waals surface area contributed by atoms with Gasteiger partial charge in [0.2, 0.25) is 0 Å². The van der Waals surface area contributed by atoms with E-state index in [-0.39, 0.29) is 28.1 Å². The molecule has 0 radical (unpaired) electrons. The second kappa shape index (κ2) is 10.7. The maximum atomic E-state index is 13.8. The summed E-state index contributed by atoms with van der Waals surface area (Å²) in [5.74, 6) is -0.245. The van der Waals surface area contributed by atoms with Gasteiger partial charge < -0.3 is 15.0 Å². The van der Waals surface area contributed by atoms with Crippen molar-refractivity contribution in [2.45, 2.75) is 17.9 Å². The van der Waals surface area contributed by atoms with E-state index in [1.54, 1.807) is 26.2 Å². The van der Waals surface area contributed by atoms with Gasteiger partial charge in [-0.3, -0.25) is 9.52 Å². The molecule has 180 valence electrons. The molecule has 1 amide bonds. The van der Waals surface area contributed by atoms with Crippen LogP contribution in [0.15, 0.2) is 71.6 Å². The topological polar surface area (TPSA) is 87.7 Å². The summed E-state index contributed by atoms with van der Waals surface area (Å²) in [5.41, 5.74) is 1.76. The predicted octanol–water partition coefficient (Wildman–Crippen LogP) is 3.98. The summed E-state index contributed by atoms with van der Waals surface area (Å²) < 4.78 is 47.0. The number of halogens is 1. The lowest BCUT2D eigenvalue weighted by Crippen LogP contribution is -2.34. The molecule has 3 rings (SSSR count). The van der Waals surface area contributed by atoms with Gasteiger partial charge in [-0.2, -0.15) is 0 Å². The average molecular weight is 486 g/mol. The van der Waals surface area contributed by atoms with Crippen molar-refractivity contribution in [1.82, 2.24) is 10.2 Å². The standard InChI is InChI=1S/C25H28FN3O4S/c1-17-12-13-20(15-22(17)26)34(31,32)28-19-9-7-8-18(14-19)25(30)27-16-23(29(2)3)21-10-5-6-11-24(21)33-4/h5-15,23,28H,16H2,1-4H3,(H,27,30). The molecule has 0 aliphatic heterocycles. The third kappa shape index (κ3) is 5.92. The van der Waals surface area contributed by atoms with Crippen LogP contribution in [0.4, 0.5) is 10.1 Å². The zero-order chi connectivity index (χ0) is 24.9. The number of amides is 1. The molecule has 9 heteroatoms. The molecule has 0 spiro atoms. The number of ether oxygens (including phenoxy) is 1. The Morgan fingerprint density at radius 3 is 2.47 bits per heavy atom. The summed E-state index contributed by atoms with van der Waals surface area (Å²) in [6, 6.07) is 17.3. The van der Waals surface area contributed by atoms with Gasteiger partial charge in [-0.15, -0.1) is 0 Å². The van der Waals surface area contributed by atoms with Crippen LogP contribution in [0.2, 0.25) is 0 Å². The van der Waals surface area contributed by atoms with E-state index in [0.717, 1.165) is 17.4 Å². The highest BCUT2D eigenvalue weighted by atomic mass is 32.2. The van der Waals surface area contributed by atoms with E-state index in [4.69, 9.17) is 4.74 Å². The van der Waals surface area contributed by atoms with Crippen molar-refractivity contribution < 1.29 is 22.3 Å². The van der Waals surface area contributed by atoms with E-state index in [1.807, 2.05) is 43.3 Å². The minimum atomic E-state index is -4.02. The first kappa shape index (κ1) is 25.2. The molecule has 0 bridgehead atoms. The number of hydrogen-bond donors (Lipinski definition) is 2. The van der Waals surface area contributed by atoms with Gasteiger partial charge >= 0.3 is 0 Å². The minimum Gasteiger partial charge on any atom is -0.496 e. The Morgan fingerprint density at radius 2 is 1.79 bits per heavy atom. The summed E-state index contributed by atoms with van der Waals surface area (Å²) >= 11 is 0. The highest BCUT2D eigenvalue weighted by Crippen LogP contribution is 2.27. The molecule has 2 N–H and O–H groups in total. The van der Waals surface area contributed by atoms with Gasteiger partial charge in [0, 0.05) is 23.4 Å². The number of nitrogens with zero attached hydrogens (tertiary/aromatic N) is 1. The Bertz CT molecular complexity index is 1280. The average Bonchev–Trinajstić information content (AvgIpc) is 2.80. The predicted molar refractivity (Wildman–Crippen MR) is 130 cm³/mol. The summed E-state index contributed by atoms with van der Waals surface area (Å²) in [5, 5.41) is 2.90. The summed E-state index contributed by atoms with van der Waals surface area (Å²) in [6.07, 6.45) is 0.